The second-order valence-corrected chi connectivity index (χ2v) is 5.76. The molecule has 1 N–H and O–H groups in total. The number of hydrogen-bond acceptors (Lipinski definition) is 2. The van der Waals surface area contributed by atoms with Gasteiger partial charge >= 0.3 is 6.03 Å². The van der Waals surface area contributed by atoms with Crippen molar-refractivity contribution in [2.45, 2.75) is 25.7 Å². The van der Waals surface area contributed by atoms with Crippen molar-refractivity contribution in [1.29, 1.82) is 0 Å². The number of nitrogens with zero attached hydrogens (tertiary/aromatic N) is 1. The van der Waals surface area contributed by atoms with E-state index >= 15 is 0 Å². The number of alkyl halides is 1. The maximum absolute atomic E-state index is 12.0. The first-order valence-corrected chi connectivity index (χ1v) is 7.94. The molecule has 1 heterocycles. The van der Waals surface area contributed by atoms with Gasteiger partial charge in [0, 0.05) is 19.6 Å². The topological polar surface area (TPSA) is 41.6 Å². The molecule has 1 saturated heterocycles. The number of benzene rings is 1. The van der Waals surface area contributed by atoms with E-state index in [1.54, 1.807) is 7.11 Å². The Hall–Kier alpha value is -1.78. The van der Waals surface area contributed by atoms with Gasteiger partial charge in [-0.15, -0.1) is 0 Å². The van der Waals surface area contributed by atoms with Crippen molar-refractivity contribution < 1.29 is 13.9 Å². The first-order chi connectivity index (χ1) is 10.7. The average molecular weight is 308 g/mol. The number of hydrogen-bond donors (Lipinski definition) is 1. The molecule has 122 valence electrons. The standard InChI is InChI=1S/C17H25FN2O2/c1-22-16-5-3-14(4-6-16)13-15-7-11-20(12-8-15)17(21)19-10-2-9-18/h3-6,15H,2,7-13H2,1H3,(H,19,21). The highest BCUT2D eigenvalue weighted by Gasteiger charge is 2.22. The molecule has 22 heavy (non-hydrogen) atoms. The second-order valence-electron chi connectivity index (χ2n) is 5.76. The van der Waals surface area contributed by atoms with Crippen LogP contribution >= 0.6 is 0 Å². The summed E-state index contributed by atoms with van der Waals surface area (Å²) in [6, 6.07) is 8.13. The average Bonchev–Trinajstić information content (AvgIpc) is 2.56. The quantitative estimate of drug-likeness (QED) is 0.821. The summed E-state index contributed by atoms with van der Waals surface area (Å²) in [5, 5.41) is 2.76. The summed E-state index contributed by atoms with van der Waals surface area (Å²) < 4.78 is 17.2. The van der Waals surface area contributed by atoms with Crippen LogP contribution < -0.4 is 10.1 Å². The Morgan fingerprint density at radius 1 is 1.32 bits per heavy atom. The van der Waals surface area contributed by atoms with Gasteiger partial charge in [-0.05, 0) is 49.3 Å². The lowest BCUT2D eigenvalue weighted by molar-refractivity contribution is 0.170. The van der Waals surface area contributed by atoms with Gasteiger partial charge in [0.2, 0.25) is 0 Å². The van der Waals surface area contributed by atoms with Crippen molar-refractivity contribution in [3.05, 3.63) is 29.8 Å². The first-order valence-electron chi connectivity index (χ1n) is 7.94. The maximum Gasteiger partial charge on any atom is 0.317 e. The molecule has 0 aromatic heterocycles. The van der Waals surface area contributed by atoms with Crippen LogP contribution in [0.15, 0.2) is 24.3 Å². The highest BCUT2D eigenvalue weighted by Crippen LogP contribution is 2.22. The number of urea groups is 1. The Morgan fingerprint density at radius 2 is 2.00 bits per heavy atom. The lowest BCUT2D eigenvalue weighted by atomic mass is 9.90. The number of likely N-dealkylation sites (tertiary alicyclic amines) is 1. The summed E-state index contributed by atoms with van der Waals surface area (Å²) in [5.41, 5.74) is 1.31. The largest absolute Gasteiger partial charge is 0.497 e. The SMILES string of the molecule is COc1ccc(CC2CCN(C(=O)NCCCF)CC2)cc1. The molecule has 0 unspecified atom stereocenters. The lowest BCUT2D eigenvalue weighted by Gasteiger charge is -2.32. The third-order valence-corrected chi connectivity index (χ3v) is 4.17. The van der Waals surface area contributed by atoms with Crippen LogP contribution in [-0.4, -0.2) is 44.3 Å². The number of carbonyl (C=O) groups excluding carboxylic acids is 1. The minimum absolute atomic E-state index is 0.0589. The Kier molecular flexibility index (Phi) is 6.49. The molecule has 1 fully saturated rings. The number of halogens is 1. The van der Waals surface area contributed by atoms with E-state index in [-0.39, 0.29) is 12.7 Å². The van der Waals surface area contributed by atoms with Crippen LogP contribution in [0.25, 0.3) is 0 Å². The number of methoxy groups -OCH3 is 1. The van der Waals surface area contributed by atoms with Crippen molar-refractivity contribution >= 4 is 6.03 Å². The summed E-state index contributed by atoms with van der Waals surface area (Å²) in [4.78, 5) is 13.7. The zero-order valence-electron chi connectivity index (χ0n) is 13.2. The monoisotopic (exact) mass is 308 g/mol. The van der Waals surface area contributed by atoms with E-state index in [1.807, 2.05) is 17.0 Å². The van der Waals surface area contributed by atoms with Crippen molar-refractivity contribution in [2.24, 2.45) is 5.92 Å². The summed E-state index contributed by atoms with van der Waals surface area (Å²) in [5.74, 6) is 1.49. The van der Waals surface area contributed by atoms with Crippen molar-refractivity contribution in [3.63, 3.8) is 0 Å². The highest BCUT2D eigenvalue weighted by atomic mass is 19.1. The number of carbonyl (C=O) groups is 1. The van der Waals surface area contributed by atoms with Gasteiger partial charge in [-0.3, -0.25) is 4.39 Å². The smallest absolute Gasteiger partial charge is 0.317 e. The van der Waals surface area contributed by atoms with Crippen molar-refractivity contribution in [2.75, 3.05) is 33.4 Å². The summed E-state index contributed by atoms with van der Waals surface area (Å²) in [7, 11) is 1.67. The second kappa shape index (κ2) is 8.61. The molecule has 4 nitrogen and oxygen atoms in total. The van der Waals surface area contributed by atoms with Gasteiger partial charge in [-0.2, -0.15) is 0 Å². The van der Waals surface area contributed by atoms with Gasteiger partial charge < -0.3 is 15.0 Å². The van der Waals surface area contributed by atoms with E-state index < -0.39 is 0 Å². The van der Waals surface area contributed by atoms with Crippen molar-refractivity contribution in [1.82, 2.24) is 10.2 Å². The molecule has 1 aromatic carbocycles. The van der Waals surface area contributed by atoms with Gasteiger partial charge in [0.25, 0.3) is 0 Å². The Bertz CT molecular complexity index is 456. The van der Waals surface area contributed by atoms with E-state index in [1.165, 1.54) is 5.56 Å². The fourth-order valence-electron chi connectivity index (χ4n) is 2.81. The summed E-state index contributed by atoms with van der Waals surface area (Å²) in [6.07, 6.45) is 3.46. The highest BCUT2D eigenvalue weighted by molar-refractivity contribution is 5.74. The third kappa shape index (κ3) is 4.90. The minimum Gasteiger partial charge on any atom is -0.497 e. The lowest BCUT2D eigenvalue weighted by Crippen LogP contribution is -2.45. The molecule has 1 aromatic rings. The van der Waals surface area contributed by atoms with Gasteiger partial charge in [-0.25, -0.2) is 4.79 Å². The Labute approximate surface area is 131 Å². The molecule has 2 amide bonds. The molecule has 0 bridgehead atoms. The van der Waals surface area contributed by atoms with Crippen molar-refractivity contribution in [3.8, 4) is 5.75 Å². The fourth-order valence-corrected chi connectivity index (χ4v) is 2.81. The first kappa shape index (κ1) is 16.6. The van der Waals surface area contributed by atoms with Crippen LogP contribution in [0.2, 0.25) is 0 Å². The zero-order chi connectivity index (χ0) is 15.8. The van der Waals surface area contributed by atoms with Crippen LogP contribution in [-0.2, 0) is 6.42 Å². The molecule has 0 atom stereocenters. The molecule has 0 spiro atoms. The molecule has 0 radical (unpaired) electrons. The zero-order valence-corrected chi connectivity index (χ0v) is 13.2. The van der Waals surface area contributed by atoms with Gasteiger partial charge in [0.15, 0.2) is 0 Å². The molecule has 2 rings (SSSR count). The normalized spacial score (nSPS) is 15.6. The molecular weight excluding hydrogens is 283 g/mol. The van der Waals surface area contributed by atoms with Crippen LogP contribution in [0.4, 0.5) is 9.18 Å². The number of rotatable bonds is 6. The van der Waals surface area contributed by atoms with Crippen LogP contribution in [0.5, 0.6) is 5.75 Å². The molecule has 1 aliphatic heterocycles. The predicted octanol–water partition coefficient (Wildman–Crippen LogP) is 3.02. The van der Waals surface area contributed by atoms with Crippen LogP contribution in [0.1, 0.15) is 24.8 Å². The third-order valence-electron chi connectivity index (χ3n) is 4.17. The predicted molar refractivity (Wildman–Crippen MR) is 85.0 cm³/mol. The number of nitrogens with one attached hydrogen (secondary N) is 1. The fraction of sp³-hybridized carbons (Fsp3) is 0.588. The summed E-state index contributed by atoms with van der Waals surface area (Å²) in [6.45, 7) is 1.59. The Balaban J connectivity index is 1.73. The van der Waals surface area contributed by atoms with Crippen LogP contribution in [0, 0.1) is 5.92 Å². The number of amides is 2. The van der Waals surface area contributed by atoms with E-state index in [9.17, 15) is 9.18 Å². The van der Waals surface area contributed by atoms with E-state index in [0.717, 1.165) is 38.1 Å². The number of ether oxygens (including phenoxy) is 1. The van der Waals surface area contributed by atoms with E-state index in [0.29, 0.717) is 18.9 Å². The van der Waals surface area contributed by atoms with Crippen LogP contribution in [0.3, 0.4) is 0 Å². The van der Waals surface area contributed by atoms with E-state index in [2.05, 4.69) is 17.4 Å². The summed E-state index contributed by atoms with van der Waals surface area (Å²) >= 11 is 0. The molecular formula is C17H25FN2O2. The minimum atomic E-state index is -0.385. The maximum atomic E-state index is 12.0. The van der Waals surface area contributed by atoms with E-state index in [4.69, 9.17) is 4.74 Å². The Morgan fingerprint density at radius 3 is 2.59 bits per heavy atom. The molecule has 1 aliphatic rings. The molecule has 0 aliphatic carbocycles. The van der Waals surface area contributed by atoms with Gasteiger partial charge in [0.1, 0.15) is 5.75 Å². The van der Waals surface area contributed by atoms with Gasteiger partial charge in [0.05, 0.1) is 13.8 Å². The molecule has 5 heteroatoms. The number of piperidine rings is 1. The molecule has 0 saturated carbocycles. The van der Waals surface area contributed by atoms with Gasteiger partial charge in [-0.1, -0.05) is 12.1 Å².